The number of nitrogens with zero attached hydrogens (tertiary/aromatic N) is 1. The zero-order valence-electron chi connectivity index (χ0n) is 16.9. The van der Waals surface area contributed by atoms with Crippen LogP contribution in [0, 0.1) is 0 Å². The van der Waals surface area contributed by atoms with E-state index >= 15 is 0 Å². The van der Waals surface area contributed by atoms with Crippen LogP contribution in [-0.4, -0.2) is 29.0 Å². The van der Waals surface area contributed by atoms with Gasteiger partial charge in [-0.2, -0.15) is 0 Å². The van der Waals surface area contributed by atoms with Gasteiger partial charge in [0.2, 0.25) is 5.91 Å². The third-order valence-electron chi connectivity index (χ3n) is 4.67. The number of amides is 1. The monoisotopic (exact) mass is 357 g/mol. The van der Waals surface area contributed by atoms with Gasteiger partial charge in [0.15, 0.2) is 0 Å². The highest BCUT2D eigenvalue weighted by Crippen LogP contribution is 2.31. The fourth-order valence-corrected chi connectivity index (χ4v) is 3.25. The molecule has 144 valence electrons. The van der Waals surface area contributed by atoms with Crippen molar-refractivity contribution in [1.29, 1.82) is 0 Å². The highest BCUT2D eigenvalue weighted by atomic mass is 16.3. The molecule has 0 heterocycles. The van der Waals surface area contributed by atoms with Crippen molar-refractivity contribution < 1.29 is 9.90 Å². The van der Waals surface area contributed by atoms with Crippen LogP contribution in [0.5, 0.6) is 0 Å². The Labute approximate surface area is 159 Å². The number of carbonyl (C=O) groups excluding carboxylic acids is 1. The second-order valence-electron chi connectivity index (χ2n) is 6.56. The molecular weight excluding hydrogens is 322 g/mol. The normalized spacial score (nSPS) is 13.6. The van der Waals surface area contributed by atoms with E-state index in [2.05, 4.69) is 13.8 Å². The molecule has 0 aromatic heterocycles. The maximum atomic E-state index is 12.2. The van der Waals surface area contributed by atoms with Crippen LogP contribution in [-0.2, 0) is 4.79 Å². The van der Waals surface area contributed by atoms with Crippen LogP contribution in [0.3, 0.4) is 0 Å². The SMILES string of the molecule is CCC/C(C/C=C/C(=O)N(CC)CC)=C(/CCC)C(O)c1ccccc1. The second kappa shape index (κ2) is 12.5. The summed E-state index contributed by atoms with van der Waals surface area (Å²) in [5.74, 6) is 0.0616. The molecule has 1 aromatic carbocycles. The van der Waals surface area contributed by atoms with Crippen LogP contribution < -0.4 is 0 Å². The molecule has 0 aliphatic carbocycles. The quantitative estimate of drug-likeness (QED) is 0.424. The standard InChI is InChI=1S/C23H35NO2/c1-5-13-19(17-12-18-22(25)24(7-3)8-4)21(14-6-2)23(26)20-15-10-9-11-16-20/h9-12,15-16,18,23,26H,5-8,13-14,17H2,1-4H3/b18-12+,21-19+. The van der Waals surface area contributed by atoms with Gasteiger partial charge in [-0.25, -0.2) is 0 Å². The van der Waals surface area contributed by atoms with E-state index < -0.39 is 6.10 Å². The minimum absolute atomic E-state index is 0.0616. The average Bonchev–Trinajstić information content (AvgIpc) is 2.66. The van der Waals surface area contributed by atoms with Gasteiger partial charge >= 0.3 is 0 Å². The Balaban J connectivity index is 3.04. The van der Waals surface area contributed by atoms with Gasteiger partial charge in [-0.3, -0.25) is 4.79 Å². The molecule has 0 saturated heterocycles. The van der Waals surface area contributed by atoms with Gasteiger partial charge in [0.05, 0.1) is 0 Å². The lowest BCUT2D eigenvalue weighted by Gasteiger charge is -2.20. The van der Waals surface area contributed by atoms with Crippen LogP contribution >= 0.6 is 0 Å². The molecule has 0 aliphatic rings. The zero-order chi connectivity index (χ0) is 19.4. The predicted octanol–water partition coefficient (Wildman–Crippen LogP) is 5.43. The van der Waals surface area contributed by atoms with Gasteiger partial charge in [-0.1, -0.05) is 68.7 Å². The topological polar surface area (TPSA) is 40.5 Å². The Kier molecular flexibility index (Phi) is 10.6. The number of benzene rings is 1. The molecule has 0 fully saturated rings. The molecule has 1 rings (SSSR count). The van der Waals surface area contributed by atoms with Gasteiger partial charge in [0, 0.05) is 13.1 Å². The number of hydrogen-bond donors (Lipinski definition) is 1. The Morgan fingerprint density at radius 3 is 2.19 bits per heavy atom. The number of carbonyl (C=O) groups is 1. The fourth-order valence-electron chi connectivity index (χ4n) is 3.25. The smallest absolute Gasteiger partial charge is 0.246 e. The lowest BCUT2D eigenvalue weighted by atomic mass is 9.90. The summed E-state index contributed by atoms with van der Waals surface area (Å²) in [5.41, 5.74) is 3.31. The Morgan fingerprint density at radius 1 is 1.04 bits per heavy atom. The minimum atomic E-state index is -0.565. The van der Waals surface area contributed by atoms with Crippen LogP contribution in [0.2, 0.25) is 0 Å². The van der Waals surface area contributed by atoms with Crippen molar-refractivity contribution in [3.8, 4) is 0 Å². The summed E-state index contributed by atoms with van der Waals surface area (Å²) in [6.45, 7) is 9.74. The van der Waals surface area contributed by atoms with E-state index in [1.165, 1.54) is 5.57 Å². The minimum Gasteiger partial charge on any atom is -0.384 e. The first-order chi connectivity index (χ1) is 12.6. The first-order valence-electron chi connectivity index (χ1n) is 9.98. The molecule has 1 atom stereocenters. The van der Waals surface area contributed by atoms with Crippen molar-refractivity contribution in [2.24, 2.45) is 0 Å². The fraction of sp³-hybridized carbons (Fsp3) is 0.522. The summed E-state index contributed by atoms with van der Waals surface area (Å²) in [6, 6.07) is 9.84. The first-order valence-corrected chi connectivity index (χ1v) is 9.98. The third-order valence-corrected chi connectivity index (χ3v) is 4.67. The number of aliphatic hydroxyl groups is 1. The number of allylic oxidation sites excluding steroid dienone is 2. The van der Waals surface area contributed by atoms with Crippen LogP contribution in [0.4, 0.5) is 0 Å². The Bertz CT molecular complexity index is 585. The van der Waals surface area contributed by atoms with E-state index in [9.17, 15) is 9.90 Å². The largest absolute Gasteiger partial charge is 0.384 e. The summed E-state index contributed by atoms with van der Waals surface area (Å²) in [5, 5.41) is 10.9. The maximum absolute atomic E-state index is 12.2. The van der Waals surface area contributed by atoms with Gasteiger partial charge in [-0.05, 0) is 50.3 Å². The number of likely N-dealkylation sites (N-methyl/N-ethyl adjacent to an activating group) is 1. The van der Waals surface area contributed by atoms with E-state index in [0.29, 0.717) is 0 Å². The second-order valence-corrected chi connectivity index (χ2v) is 6.56. The van der Waals surface area contributed by atoms with Gasteiger partial charge in [0.25, 0.3) is 0 Å². The van der Waals surface area contributed by atoms with E-state index in [1.807, 2.05) is 55.2 Å². The summed E-state index contributed by atoms with van der Waals surface area (Å²) < 4.78 is 0. The van der Waals surface area contributed by atoms with Crippen molar-refractivity contribution in [2.75, 3.05) is 13.1 Å². The highest BCUT2D eigenvalue weighted by Gasteiger charge is 2.16. The van der Waals surface area contributed by atoms with E-state index in [0.717, 1.165) is 56.3 Å². The molecule has 1 N–H and O–H groups in total. The molecule has 0 saturated carbocycles. The first kappa shape index (κ1) is 22.2. The molecule has 0 aliphatic heterocycles. The number of hydrogen-bond acceptors (Lipinski definition) is 2. The summed E-state index contributed by atoms with van der Waals surface area (Å²) in [6.07, 6.45) is 7.65. The molecular formula is C23H35NO2. The Hall–Kier alpha value is -1.87. The number of aliphatic hydroxyl groups excluding tert-OH is 1. The third kappa shape index (κ3) is 6.80. The van der Waals surface area contributed by atoms with Crippen LogP contribution in [0.1, 0.15) is 71.5 Å². The predicted molar refractivity (Wildman–Crippen MR) is 110 cm³/mol. The molecule has 3 heteroatoms. The number of rotatable bonds is 11. The van der Waals surface area contributed by atoms with Crippen molar-refractivity contribution in [2.45, 2.75) is 65.9 Å². The van der Waals surface area contributed by atoms with Crippen LogP contribution in [0.15, 0.2) is 53.6 Å². The molecule has 1 unspecified atom stereocenters. The lowest BCUT2D eigenvalue weighted by molar-refractivity contribution is -0.125. The molecule has 1 aromatic rings. The molecule has 26 heavy (non-hydrogen) atoms. The Morgan fingerprint density at radius 2 is 1.65 bits per heavy atom. The van der Waals surface area contributed by atoms with E-state index in [-0.39, 0.29) is 5.91 Å². The van der Waals surface area contributed by atoms with Crippen molar-refractivity contribution >= 4 is 5.91 Å². The highest BCUT2D eigenvalue weighted by molar-refractivity contribution is 5.87. The van der Waals surface area contributed by atoms with Crippen molar-refractivity contribution in [3.05, 3.63) is 59.2 Å². The van der Waals surface area contributed by atoms with E-state index in [4.69, 9.17) is 0 Å². The van der Waals surface area contributed by atoms with Gasteiger partial charge < -0.3 is 10.0 Å². The zero-order valence-corrected chi connectivity index (χ0v) is 16.9. The summed E-state index contributed by atoms with van der Waals surface area (Å²) >= 11 is 0. The lowest BCUT2D eigenvalue weighted by Crippen LogP contribution is -2.28. The van der Waals surface area contributed by atoms with Crippen LogP contribution in [0.25, 0.3) is 0 Å². The average molecular weight is 358 g/mol. The summed E-state index contributed by atoms with van der Waals surface area (Å²) in [4.78, 5) is 14.0. The molecule has 0 spiro atoms. The molecule has 0 bridgehead atoms. The summed E-state index contributed by atoms with van der Waals surface area (Å²) in [7, 11) is 0. The van der Waals surface area contributed by atoms with Gasteiger partial charge in [-0.15, -0.1) is 0 Å². The van der Waals surface area contributed by atoms with Crippen molar-refractivity contribution in [1.82, 2.24) is 4.90 Å². The van der Waals surface area contributed by atoms with E-state index in [1.54, 1.807) is 6.08 Å². The molecule has 3 nitrogen and oxygen atoms in total. The van der Waals surface area contributed by atoms with Gasteiger partial charge in [0.1, 0.15) is 6.10 Å². The molecule has 0 radical (unpaired) electrons. The molecule has 1 amide bonds. The maximum Gasteiger partial charge on any atom is 0.246 e. The van der Waals surface area contributed by atoms with Crippen molar-refractivity contribution in [3.63, 3.8) is 0 Å².